The van der Waals surface area contributed by atoms with Crippen molar-refractivity contribution in [2.24, 2.45) is 0 Å². The van der Waals surface area contributed by atoms with Gasteiger partial charge in [0.2, 0.25) is 5.76 Å². The molecule has 1 aliphatic heterocycles. The average Bonchev–Trinajstić information content (AvgIpc) is 3.32. The first-order valence-corrected chi connectivity index (χ1v) is 10.2. The summed E-state index contributed by atoms with van der Waals surface area (Å²) in [5.74, 6) is -1.31. The second kappa shape index (κ2) is 10.2. The molecule has 2 aromatic rings. The molecule has 0 spiro atoms. The second-order valence-electron chi connectivity index (χ2n) is 7.15. The van der Waals surface area contributed by atoms with E-state index in [0.717, 1.165) is 4.90 Å². The van der Waals surface area contributed by atoms with Crippen LogP contribution in [0.5, 0.6) is 5.75 Å². The van der Waals surface area contributed by atoms with Crippen molar-refractivity contribution in [3.63, 3.8) is 0 Å². The van der Waals surface area contributed by atoms with Gasteiger partial charge in [-0.3, -0.25) is 9.69 Å². The van der Waals surface area contributed by atoms with Crippen LogP contribution < -0.4 is 10.1 Å². The number of carbonyl (C=O) groups is 4. The molecule has 1 saturated heterocycles. The van der Waals surface area contributed by atoms with Crippen LogP contribution in [-0.2, 0) is 25.6 Å². The highest BCUT2D eigenvalue weighted by Gasteiger charge is 2.34. The van der Waals surface area contributed by atoms with Gasteiger partial charge in [-0.1, -0.05) is 17.7 Å². The van der Waals surface area contributed by atoms with Gasteiger partial charge in [-0.25, -0.2) is 14.4 Å². The number of esters is 2. The van der Waals surface area contributed by atoms with Gasteiger partial charge in [-0.2, -0.15) is 0 Å². The van der Waals surface area contributed by atoms with Crippen molar-refractivity contribution in [1.29, 1.82) is 0 Å². The third-order valence-corrected chi connectivity index (χ3v) is 4.60. The standard InChI is InChI=1S/C22H21ClN2O8/c1-12(2)32-19(26)11-31-17-6-4-13(8-15(17)23)9-16-20(27)25(22(29)24-16)10-14-5-7-18(33-14)21(28)30-3/h4-9,12H,10-11H2,1-3H3,(H,24,29). The summed E-state index contributed by atoms with van der Waals surface area (Å²) in [7, 11) is 1.21. The number of nitrogens with zero attached hydrogens (tertiary/aromatic N) is 1. The van der Waals surface area contributed by atoms with E-state index in [4.69, 9.17) is 25.5 Å². The number of ether oxygens (including phenoxy) is 3. The molecule has 1 fully saturated rings. The molecule has 0 atom stereocenters. The Morgan fingerprint density at radius 3 is 2.64 bits per heavy atom. The average molecular weight is 477 g/mol. The normalized spacial score (nSPS) is 14.6. The van der Waals surface area contributed by atoms with E-state index in [1.165, 1.54) is 37.5 Å². The van der Waals surface area contributed by atoms with Crippen LogP contribution in [-0.4, -0.2) is 48.6 Å². The molecule has 174 valence electrons. The van der Waals surface area contributed by atoms with Crippen molar-refractivity contribution < 1.29 is 37.8 Å². The van der Waals surface area contributed by atoms with Crippen LogP contribution >= 0.6 is 11.6 Å². The maximum Gasteiger partial charge on any atom is 0.373 e. The topological polar surface area (TPSA) is 124 Å². The van der Waals surface area contributed by atoms with E-state index in [0.29, 0.717) is 5.56 Å². The van der Waals surface area contributed by atoms with E-state index in [9.17, 15) is 19.2 Å². The van der Waals surface area contributed by atoms with E-state index < -0.39 is 23.9 Å². The van der Waals surface area contributed by atoms with Gasteiger partial charge in [0.05, 0.1) is 24.8 Å². The minimum absolute atomic E-state index is 0.0324. The number of halogens is 1. The summed E-state index contributed by atoms with van der Waals surface area (Å²) in [6, 6.07) is 6.90. The molecule has 3 amide bonds. The van der Waals surface area contributed by atoms with Crippen LogP contribution in [0.1, 0.15) is 35.7 Å². The molecular formula is C22H21ClN2O8. The number of benzene rings is 1. The number of rotatable bonds is 8. The molecule has 1 aromatic heterocycles. The molecule has 1 N–H and O–H groups in total. The molecule has 0 bridgehead atoms. The van der Waals surface area contributed by atoms with Crippen molar-refractivity contribution in [3.8, 4) is 5.75 Å². The van der Waals surface area contributed by atoms with Gasteiger partial charge in [0, 0.05) is 0 Å². The first kappa shape index (κ1) is 23.9. The number of carbonyl (C=O) groups excluding carboxylic acids is 4. The quantitative estimate of drug-likeness (QED) is 0.350. The number of amides is 3. The summed E-state index contributed by atoms with van der Waals surface area (Å²) in [5.41, 5.74) is 0.554. The van der Waals surface area contributed by atoms with Crippen molar-refractivity contribution in [1.82, 2.24) is 10.2 Å². The highest BCUT2D eigenvalue weighted by molar-refractivity contribution is 6.32. The molecule has 2 heterocycles. The number of furan rings is 1. The van der Waals surface area contributed by atoms with E-state index >= 15 is 0 Å². The lowest BCUT2D eigenvalue weighted by Crippen LogP contribution is -2.30. The smallest absolute Gasteiger partial charge is 0.373 e. The first-order valence-electron chi connectivity index (χ1n) is 9.81. The van der Waals surface area contributed by atoms with Crippen molar-refractivity contribution in [2.45, 2.75) is 26.5 Å². The Balaban J connectivity index is 1.67. The monoisotopic (exact) mass is 476 g/mol. The maximum atomic E-state index is 12.7. The van der Waals surface area contributed by atoms with Gasteiger partial charge in [0.25, 0.3) is 5.91 Å². The van der Waals surface area contributed by atoms with E-state index in [1.54, 1.807) is 19.9 Å². The third kappa shape index (κ3) is 5.92. The summed E-state index contributed by atoms with van der Waals surface area (Å²) in [6.45, 7) is 2.99. The highest BCUT2D eigenvalue weighted by atomic mass is 35.5. The number of urea groups is 1. The molecule has 1 aromatic carbocycles. The van der Waals surface area contributed by atoms with E-state index in [1.807, 2.05) is 0 Å². The summed E-state index contributed by atoms with van der Waals surface area (Å²) in [6.07, 6.45) is 1.19. The fourth-order valence-electron chi connectivity index (χ4n) is 2.87. The molecule has 0 radical (unpaired) electrons. The zero-order valence-corrected chi connectivity index (χ0v) is 18.8. The number of hydrogen-bond acceptors (Lipinski definition) is 8. The van der Waals surface area contributed by atoms with Crippen molar-refractivity contribution >= 4 is 41.6 Å². The molecule has 10 nitrogen and oxygen atoms in total. The predicted octanol–water partition coefficient (Wildman–Crippen LogP) is 3.14. The Hall–Kier alpha value is -3.79. The van der Waals surface area contributed by atoms with Gasteiger partial charge < -0.3 is 23.9 Å². The predicted molar refractivity (Wildman–Crippen MR) is 115 cm³/mol. The Labute approximate surface area is 194 Å². The summed E-state index contributed by atoms with van der Waals surface area (Å²) in [4.78, 5) is 49.0. The number of imide groups is 1. The maximum absolute atomic E-state index is 12.7. The fraction of sp³-hybridized carbons (Fsp3) is 0.273. The fourth-order valence-corrected chi connectivity index (χ4v) is 3.11. The molecular weight excluding hydrogens is 456 g/mol. The van der Waals surface area contributed by atoms with Crippen LogP contribution in [0.3, 0.4) is 0 Å². The molecule has 0 aliphatic carbocycles. The zero-order chi connectivity index (χ0) is 24.1. The van der Waals surface area contributed by atoms with E-state index in [2.05, 4.69) is 10.1 Å². The lowest BCUT2D eigenvalue weighted by atomic mass is 10.2. The van der Waals surface area contributed by atoms with E-state index in [-0.39, 0.29) is 47.2 Å². The summed E-state index contributed by atoms with van der Waals surface area (Å²) in [5, 5.41) is 2.69. The number of hydrogen-bond donors (Lipinski definition) is 1. The van der Waals surface area contributed by atoms with Crippen LogP contribution in [0.25, 0.3) is 6.08 Å². The minimum atomic E-state index is -0.667. The first-order chi connectivity index (χ1) is 15.7. The third-order valence-electron chi connectivity index (χ3n) is 4.30. The Morgan fingerprint density at radius 1 is 1.21 bits per heavy atom. The largest absolute Gasteiger partial charge is 0.480 e. The second-order valence-corrected chi connectivity index (χ2v) is 7.56. The number of nitrogens with one attached hydrogen (secondary N) is 1. The van der Waals surface area contributed by atoms with Crippen molar-refractivity contribution in [2.75, 3.05) is 13.7 Å². The van der Waals surface area contributed by atoms with Gasteiger partial charge in [-0.05, 0) is 49.8 Å². The van der Waals surface area contributed by atoms with Crippen LogP contribution in [0.15, 0.2) is 40.4 Å². The Morgan fingerprint density at radius 2 is 1.97 bits per heavy atom. The van der Waals surface area contributed by atoms with Gasteiger partial charge in [0.15, 0.2) is 6.61 Å². The lowest BCUT2D eigenvalue weighted by Gasteiger charge is -2.10. The molecule has 11 heteroatoms. The molecule has 1 aliphatic rings. The minimum Gasteiger partial charge on any atom is -0.480 e. The summed E-state index contributed by atoms with van der Waals surface area (Å²) < 4.78 is 20.2. The van der Waals surface area contributed by atoms with Gasteiger partial charge in [0.1, 0.15) is 17.2 Å². The van der Waals surface area contributed by atoms with Gasteiger partial charge in [-0.15, -0.1) is 0 Å². The van der Waals surface area contributed by atoms with Crippen LogP contribution in [0.2, 0.25) is 5.02 Å². The molecule has 33 heavy (non-hydrogen) atoms. The SMILES string of the molecule is COC(=O)c1ccc(CN2C(=O)NC(=Cc3ccc(OCC(=O)OC(C)C)c(Cl)c3)C2=O)o1. The molecule has 3 rings (SSSR count). The Kier molecular flexibility index (Phi) is 7.39. The lowest BCUT2D eigenvalue weighted by molar-refractivity contribution is -0.149. The van der Waals surface area contributed by atoms with Crippen LogP contribution in [0.4, 0.5) is 4.79 Å². The summed E-state index contributed by atoms with van der Waals surface area (Å²) >= 11 is 6.21. The zero-order valence-electron chi connectivity index (χ0n) is 18.0. The molecule has 0 unspecified atom stereocenters. The number of methoxy groups -OCH3 is 1. The van der Waals surface area contributed by atoms with Crippen molar-refractivity contribution in [3.05, 3.63) is 58.1 Å². The van der Waals surface area contributed by atoms with Gasteiger partial charge >= 0.3 is 18.0 Å². The Bertz CT molecular complexity index is 1120. The molecule has 0 saturated carbocycles. The van der Waals surface area contributed by atoms with Crippen LogP contribution in [0, 0.1) is 0 Å². The highest BCUT2D eigenvalue weighted by Crippen LogP contribution is 2.27.